The molecule has 1 heterocycles. The lowest BCUT2D eigenvalue weighted by molar-refractivity contribution is -0.115. The minimum Gasteiger partial charge on any atom is -0.493 e. The number of carbonyl (C=O) groups is 1. The van der Waals surface area contributed by atoms with Gasteiger partial charge < -0.3 is 20.1 Å². The number of hydrogen-bond acceptors (Lipinski definition) is 5. The maximum Gasteiger partial charge on any atom is 0.295 e. The van der Waals surface area contributed by atoms with E-state index in [0.717, 1.165) is 11.3 Å². The highest BCUT2D eigenvalue weighted by Crippen LogP contribution is 2.27. The Kier molecular flexibility index (Phi) is 6.58. The summed E-state index contributed by atoms with van der Waals surface area (Å²) in [5.41, 5.74) is 2.37. The van der Waals surface area contributed by atoms with Crippen molar-refractivity contribution in [3.05, 3.63) is 70.1 Å². The van der Waals surface area contributed by atoms with Crippen LogP contribution in [0.1, 0.15) is 11.3 Å². The summed E-state index contributed by atoms with van der Waals surface area (Å²) in [4.78, 5) is 25.3. The molecule has 1 aromatic heterocycles. The Balaban J connectivity index is 1.65. The second-order valence-corrected chi connectivity index (χ2v) is 6.78. The summed E-state index contributed by atoms with van der Waals surface area (Å²) in [5, 5.41) is 5.81. The lowest BCUT2D eigenvalue weighted by Gasteiger charge is -2.10. The van der Waals surface area contributed by atoms with Gasteiger partial charge in [0.2, 0.25) is 5.91 Å². The molecule has 0 aliphatic heterocycles. The van der Waals surface area contributed by atoms with Crippen LogP contribution in [-0.2, 0) is 18.4 Å². The number of ether oxygens (including phenoxy) is 2. The van der Waals surface area contributed by atoms with Crippen molar-refractivity contribution >= 4 is 11.6 Å². The van der Waals surface area contributed by atoms with E-state index in [2.05, 4.69) is 10.6 Å². The number of nitrogens with zero attached hydrogens (tertiary/aromatic N) is 2. The van der Waals surface area contributed by atoms with Crippen LogP contribution in [0.4, 0.5) is 5.69 Å². The first-order valence-corrected chi connectivity index (χ1v) is 9.51. The summed E-state index contributed by atoms with van der Waals surface area (Å²) in [6.07, 6.45) is 0. The largest absolute Gasteiger partial charge is 0.493 e. The lowest BCUT2D eigenvalue weighted by atomic mass is 10.2. The lowest BCUT2D eigenvalue weighted by Crippen LogP contribution is -2.30. The molecule has 0 fully saturated rings. The van der Waals surface area contributed by atoms with E-state index in [0.29, 0.717) is 23.7 Å². The Bertz CT molecular complexity index is 1090. The Labute approximate surface area is 175 Å². The van der Waals surface area contributed by atoms with Crippen LogP contribution in [-0.4, -0.2) is 36.0 Å². The number of methoxy groups -OCH3 is 2. The van der Waals surface area contributed by atoms with E-state index in [4.69, 9.17) is 9.47 Å². The van der Waals surface area contributed by atoms with Crippen LogP contribution in [0.25, 0.3) is 5.69 Å². The highest BCUT2D eigenvalue weighted by atomic mass is 16.5. The smallest absolute Gasteiger partial charge is 0.295 e. The zero-order valence-electron chi connectivity index (χ0n) is 17.6. The zero-order chi connectivity index (χ0) is 21.7. The summed E-state index contributed by atoms with van der Waals surface area (Å²) in [7, 11) is 4.94. The van der Waals surface area contributed by atoms with Crippen LogP contribution in [0.2, 0.25) is 0 Å². The molecular weight excluding hydrogens is 384 g/mol. The third-order valence-electron chi connectivity index (χ3n) is 4.88. The number of anilines is 1. The standard InChI is InChI=1S/C22H26N4O4/c1-15-21(22(28)26(25(15)2)17-8-6-5-7-9-17)24-20(27)14-23-13-16-10-11-18(29-3)19(12-16)30-4/h5-12,23H,13-14H2,1-4H3,(H,24,27). The van der Waals surface area contributed by atoms with E-state index in [9.17, 15) is 9.59 Å². The third-order valence-corrected chi connectivity index (χ3v) is 4.88. The van der Waals surface area contributed by atoms with Gasteiger partial charge in [0, 0.05) is 13.6 Å². The highest BCUT2D eigenvalue weighted by Gasteiger charge is 2.17. The number of nitrogens with one attached hydrogen (secondary N) is 2. The van der Waals surface area contributed by atoms with Gasteiger partial charge in [-0.05, 0) is 36.8 Å². The number of para-hydroxylation sites is 1. The van der Waals surface area contributed by atoms with Crippen LogP contribution < -0.4 is 25.7 Å². The summed E-state index contributed by atoms with van der Waals surface area (Å²) in [5.74, 6) is 0.984. The number of carbonyl (C=O) groups excluding carboxylic acids is 1. The van der Waals surface area contributed by atoms with Gasteiger partial charge in [-0.15, -0.1) is 0 Å². The van der Waals surface area contributed by atoms with Gasteiger partial charge in [-0.3, -0.25) is 14.3 Å². The van der Waals surface area contributed by atoms with Gasteiger partial charge in [0.15, 0.2) is 11.5 Å². The van der Waals surface area contributed by atoms with Crippen LogP contribution in [0.5, 0.6) is 11.5 Å². The first kappa shape index (κ1) is 21.2. The molecule has 0 radical (unpaired) electrons. The van der Waals surface area contributed by atoms with Gasteiger partial charge in [0.05, 0.1) is 32.1 Å². The molecule has 0 aliphatic rings. The number of benzene rings is 2. The minimum absolute atomic E-state index is 0.0630. The van der Waals surface area contributed by atoms with E-state index < -0.39 is 0 Å². The van der Waals surface area contributed by atoms with Crippen molar-refractivity contribution in [2.45, 2.75) is 13.5 Å². The van der Waals surface area contributed by atoms with Crippen LogP contribution in [0, 0.1) is 6.92 Å². The molecule has 3 aromatic rings. The average Bonchev–Trinajstić information content (AvgIpc) is 2.97. The predicted octanol–water partition coefficient (Wildman–Crippen LogP) is 2.23. The van der Waals surface area contributed by atoms with Crippen molar-refractivity contribution in [1.29, 1.82) is 0 Å². The average molecular weight is 410 g/mol. The van der Waals surface area contributed by atoms with Crippen molar-refractivity contribution in [1.82, 2.24) is 14.7 Å². The van der Waals surface area contributed by atoms with Gasteiger partial charge in [-0.25, -0.2) is 4.68 Å². The fourth-order valence-electron chi connectivity index (χ4n) is 3.21. The van der Waals surface area contributed by atoms with E-state index >= 15 is 0 Å². The van der Waals surface area contributed by atoms with E-state index in [1.165, 1.54) is 4.68 Å². The maximum atomic E-state index is 12.9. The fraction of sp³-hybridized carbons (Fsp3) is 0.273. The molecule has 8 heteroatoms. The normalized spacial score (nSPS) is 10.7. The SMILES string of the molecule is COc1ccc(CNCC(=O)Nc2c(C)n(C)n(-c3ccccc3)c2=O)cc1OC. The molecule has 1 amide bonds. The van der Waals surface area contributed by atoms with Gasteiger partial charge in [0.1, 0.15) is 5.69 Å². The summed E-state index contributed by atoms with van der Waals surface area (Å²) in [6.45, 7) is 2.33. The Morgan fingerprint density at radius 1 is 1.03 bits per heavy atom. The Morgan fingerprint density at radius 2 is 1.73 bits per heavy atom. The quantitative estimate of drug-likeness (QED) is 0.595. The minimum atomic E-state index is -0.290. The zero-order valence-corrected chi connectivity index (χ0v) is 17.6. The first-order chi connectivity index (χ1) is 14.5. The van der Waals surface area contributed by atoms with Crippen LogP contribution in [0.3, 0.4) is 0 Å². The van der Waals surface area contributed by atoms with Gasteiger partial charge in [-0.2, -0.15) is 0 Å². The van der Waals surface area contributed by atoms with Crippen molar-refractivity contribution in [2.75, 3.05) is 26.1 Å². The van der Waals surface area contributed by atoms with Crippen molar-refractivity contribution in [2.24, 2.45) is 7.05 Å². The summed E-state index contributed by atoms with van der Waals surface area (Å²) >= 11 is 0. The molecule has 30 heavy (non-hydrogen) atoms. The maximum absolute atomic E-state index is 12.9. The Hall–Kier alpha value is -3.52. The van der Waals surface area contributed by atoms with E-state index in [-0.39, 0.29) is 23.7 Å². The monoisotopic (exact) mass is 410 g/mol. The molecule has 0 atom stereocenters. The molecule has 0 saturated heterocycles. The predicted molar refractivity (Wildman–Crippen MR) is 116 cm³/mol. The van der Waals surface area contributed by atoms with E-state index in [1.807, 2.05) is 48.5 Å². The molecule has 0 bridgehead atoms. The van der Waals surface area contributed by atoms with Crippen LogP contribution >= 0.6 is 0 Å². The van der Waals surface area contributed by atoms with Gasteiger partial charge in [0.25, 0.3) is 5.56 Å². The molecular formula is C22H26N4O4. The van der Waals surface area contributed by atoms with Gasteiger partial charge >= 0.3 is 0 Å². The van der Waals surface area contributed by atoms with E-state index in [1.54, 1.807) is 32.9 Å². The van der Waals surface area contributed by atoms with Gasteiger partial charge in [-0.1, -0.05) is 24.3 Å². The number of hydrogen-bond donors (Lipinski definition) is 2. The third kappa shape index (κ3) is 4.38. The number of aromatic nitrogens is 2. The second-order valence-electron chi connectivity index (χ2n) is 6.78. The summed E-state index contributed by atoms with van der Waals surface area (Å²) in [6, 6.07) is 14.9. The van der Waals surface area contributed by atoms with Crippen LogP contribution in [0.15, 0.2) is 53.3 Å². The molecule has 0 aliphatic carbocycles. The molecule has 2 N–H and O–H groups in total. The molecule has 0 unspecified atom stereocenters. The summed E-state index contributed by atoms with van der Waals surface area (Å²) < 4.78 is 13.8. The van der Waals surface area contributed by atoms with Crippen molar-refractivity contribution in [3.63, 3.8) is 0 Å². The molecule has 2 aromatic carbocycles. The van der Waals surface area contributed by atoms with Crippen molar-refractivity contribution < 1.29 is 14.3 Å². The highest BCUT2D eigenvalue weighted by molar-refractivity contribution is 5.92. The first-order valence-electron chi connectivity index (χ1n) is 9.51. The molecule has 158 valence electrons. The Morgan fingerprint density at radius 3 is 2.40 bits per heavy atom. The topological polar surface area (TPSA) is 86.5 Å². The fourth-order valence-corrected chi connectivity index (χ4v) is 3.21. The molecule has 3 rings (SSSR count). The van der Waals surface area contributed by atoms with Crippen molar-refractivity contribution in [3.8, 4) is 17.2 Å². The second kappa shape index (κ2) is 9.32. The molecule has 8 nitrogen and oxygen atoms in total. The number of rotatable bonds is 8. The molecule has 0 saturated carbocycles. The number of amides is 1. The molecule has 0 spiro atoms.